The molecule has 0 aromatic carbocycles. The average Bonchev–Trinajstić information content (AvgIpc) is 3.10. The lowest BCUT2D eigenvalue weighted by Gasteiger charge is -2.18. The van der Waals surface area contributed by atoms with Crippen LogP contribution in [0, 0.1) is 0 Å². The van der Waals surface area contributed by atoms with Crippen molar-refractivity contribution < 1.29 is 19.1 Å². The third-order valence-electron chi connectivity index (χ3n) is 3.02. The van der Waals surface area contributed by atoms with Crippen LogP contribution in [0.1, 0.15) is 30.2 Å². The van der Waals surface area contributed by atoms with Crippen molar-refractivity contribution in [3.63, 3.8) is 0 Å². The molecule has 0 aliphatic carbocycles. The number of methoxy groups -OCH3 is 1. The van der Waals surface area contributed by atoms with Crippen LogP contribution in [-0.2, 0) is 19.1 Å². The van der Waals surface area contributed by atoms with Gasteiger partial charge in [-0.05, 0) is 24.3 Å². The van der Waals surface area contributed by atoms with Gasteiger partial charge in [0.2, 0.25) is 5.91 Å². The molecule has 2 unspecified atom stereocenters. The highest BCUT2D eigenvalue weighted by atomic mass is 32.1. The molecule has 2 rings (SSSR count). The van der Waals surface area contributed by atoms with Crippen molar-refractivity contribution in [1.82, 2.24) is 5.32 Å². The van der Waals surface area contributed by atoms with E-state index < -0.39 is 0 Å². The van der Waals surface area contributed by atoms with Gasteiger partial charge in [-0.3, -0.25) is 9.59 Å². The Bertz CT molecular complexity index is 426. The van der Waals surface area contributed by atoms with Gasteiger partial charge in [0, 0.05) is 11.5 Å². The van der Waals surface area contributed by atoms with Crippen LogP contribution < -0.4 is 5.32 Å². The van der Waals surface area contributed by atoms with Crippen molar-refractivity contribution in [2.75, 3.05) is 13.7 Å². The molecule has 1 aliphatic heterocycles. The molecule has 1 amide bonds. The minimum absolute atomic E-state index is 0.134. The summed E-state index contributed by atoms with van der Waals surface area (Å²) in [5.74, 6) is -0.495. The first-order chi connectivity index (χ1) is 9.20. The average molecular weight is 283 g/mol. The smallest absolute Gasteiger partial charge is 0.307 e. The fourth-order valence-electron chi connectivity index (χ4n) is 2.01. The molecule has 0 radical (unpaired) electrons. The molecular weight excluding hydrogens is 266 g/mol. The van der Waals surface area contributed by atoms with E-state index in [9.17, 15) is 9.59 Å². The van der Waals surface area contributed by atoms with Crippen LogP contribution in [0.5, 0.6) is 0 Å². The first-order valence-electron chi connectivity index (χ1n) is 6.23. The van der Waals surface area contributed by atoms with Gasteiger partial charge >= 0.3 is 5.97 Å². The zero-order valence-electron chi connectivity index (χ0n) is 10.8. The van der Waals surface area contributed by atoms with Crippen LogP contribution in [0.4, 0.5) is 0 Å². The predicted molar refractivity (Wildman–Crippen MR) is 70.8 cm³/mol. The van der Waals surface area contributed by atoms with Gasteiger partial charge in [0.1, 0.15) is 6.10 Å². The number of hydrogen-bond donors (Lipinski definition) is 1. The maximum absolute atomic E-state index is 12.0. The van der Waals surface area contributed by atoms with E-state index in [1.165, 1.54) is 18.4 Å². The topological polar surface area (TPSA) is 64.6 Å². The molecule has 0 bridgehead atoms. The van der Waals surface area contributed by atoms with Crippen molar-refractivity contribution in [3.8, 4) is 0 Å². The van der Waals surface area contributed by atoms with Crippen molar-refractivity contribution in [2.24, 2.45) is 0 Å². The van der Waals surface area contributed by atoms with Gasteiger partial charge in [0.05, 0.1) is 19.6 Å². The van der Waals surface area contributed by atoms with E-state index in [2.05, 4.69) is 10.1 Å². The van der Waals surface area contributed by atoms with Crippen molar-refractivity contribution >= 4 is 23.2 Å². The molecule has 1 fully saturated rings. The van der Waals surface area contributed by atoms with E-state index >= 15 is 0 Å². The number of amides is 1. The summed E-state index contributed by atoms with van der Waals surface area (Å²) >= 11 is 1.50. The molecule has 104 valence electrons. The minimum Gasteiger partial charge on any atom is -0.469 e. The van der Waals surface area contributed by atoms with Crippen molar-refractivity contribution in [1.29, 1.82) is 0 Å². The van der Waals surface area contributed by atoms with Gasteiger partial charge in [-0.15, -0.1) is 11.3 Å². The zero-order chi connectivity index (χ0) is 13.7. The molecule has 19 heavy (non-hydrogen) atoms. The monoisotopic (exact) mass is 283 g/mol. The van der Waals surface area contributed by atoms with Crippen LogP contribution >= 0.6 is 11.3 Å². The van der Waals surface area contributed by atoms with Crippen LogP contribution in [0.25, 0.3) is 0 Å². The summed E-state index contributed by atoms with van der Waals surface area (Å²) in [7, 11) is 1.34. The molecule has 1 aromatic heterocycles. The van der Waals surface area contributed by atoms with Gasteiger partial charge in [-0.25, -0.2) is 0 Å². The molecule has 1 N–H and O–H groups in total. The van der Waals surface area contributed by atoms with E-state index in [4.69, 9.17) is 4.74 Å². The van der Waals surface area contributed by atoms with Crippen molar-refractivity contribution in [2.45, 2.75) is 31.4 Å². The highest BCUT2D eigenvalue weighted by Crippen LogP contribution is 2.23. The quantitative estimate of drug-likeness (QED) is 0.835. The number of thiophene rings is 1. The molecule has 1 aromatic rings. The Balaban J connectivity index is 2.00. The Hall–Kier alpha value is -1.40. The van der Waals surface area contributed by atoms with Crippen molar-refractivity contribution in [3.05, 3.63) is 22.4 Å². The third kappa shape index (κ3) is 3.78. The highest BCUT2D eigenvalue weighted by Gasteiger charge is 2.27. The summed E-state index contributed by atoms with van der Waals surface area (Å²) in [4.78, 5) is 24.4. The lowest BCUT2D eigenvalue weighted by Crippen LogP contribution is -2.37. The summed E-state index contributed by atoms with van der Waals surface area (Å²) in [6.45, 7) is 0.624. The summed E-state index contributed by atoms with van der Waals surface area (Å²) in [6.07, 6.45) is 1.38. The number of rotatable bonds is 5. The number of hydrogen-bond acceptors (Lipinski definition) is 5. The van der Waals surface area contributed by atoms with Crippen LogP contribution in [0.15, 0.2) is 17.5 Å². The molecule has 5 nitrogen and oxygen atoms in total. The fourth-order valence-corrected chi connectivity index (χ4v) is 2.79. The molecule has 0 spiro atoms. The van der Waals surface area contributed by atoms with E-state index in [1.54, 1.807) is 0 Å². The maximum Gasteiger partial charge on any atom is 0.307 e. The summed E-state index contributed by atoms with van der Waals surface area (Å²) in [5.41, 5.74) is 0. The molecule has 6 heteroatoms. The first kappa shape index (κ1) is 14.0. The standard InChI is InChI=1S/C13H17NO4S/c1-17-12(15)8-9(11-5-3-7-19-11)14-13(16)10-4-2-6-18-10/h3,5,7,9-10H,2,4,6,8H2,1H3,(H,14,16). The van der Waals surface area contributed by atoms with Crippen LogP contribution in [0.2, 0.25) is 0 Å². The van der Waals surface area contributed by atoms with E-state index in [1.807, 2.05) is 17.5 Å². The molecule has 1 aliphatic rings. The lowest BCUT2D eigenvalue weighted by atomic mass is 10.1. The van der Waals surface area contributed by atoms with E-state index in [0.29, 0.717) is 6.61 Å². The molecule has 1 saturated heterocycles. The van der Waals surface area contributed by atoms with E-state index in [-0.39, 0.29) is 30.4 Å². The Kier molecular flexibility index (Phi) is 4.93. The minimum atomic E-state index is -0.389. The van der Waals surface area contributed by atoms with Crippen LogP contribution in [0.3, 0.4) is 0 Å². The highest BCUT2D eigenvalue weighted by molar-refractivity contribution is 7.10. The zero-order valence-corrected chi connectivity index (χ0v) is 11.6. The second kappa shape index (κ2) is 6.68. The second-order valence-corrected chi connectivity index (χ2v) is 5.34. The fraction of sp³-hybridized carbons (Fsp3) is 0.538. The Morgan fingerprint density at radius 2 is 2.47 bits per heavy atom. The summed E-state index contributed by atoms with van der Waals surface area (Å²) < 4.78 is 10.0. The number of ether oxygens (including phenoxy) is 2. The molecular formula is C13H17NO4S. The lowest BCUT2D eigenvalue weighted by molar-refractivity contribution is -0.141. The number of nitrogens with one attached hydrogen (secondary N) is 1. The first-order valence-corrected chi connectivity index (χ1v) is 7.11. The largest absolute Gasteiger partial charge is 0.469 e. The van der Waals surface area contributed by atoms with Gasteiger partial charge in [0.15, 0.2) is 0 Å². The normalized spacial score (nSPS) is 19.9. The number of carbonyl (C=O) groups excluding carboxylic acids is 2. The van der Waals surface area contributed by atoms with E-state index in [0.717, 1.165) is 17.7 Å². The Morgan fingerprint density at radius 1 is 1.63 bits per heavy atom. The Morgan fingerprint density at radius 3 is 3.05 bits per heavy atom. The molecule has 0 saturated carbocycles. The molecule has 2 heterocycles. The predicted octanol–water partition coefficient (Wildman–Crippen LogP) is 1.65. The maximum atomic E-state index is 12.0. The Labute approximate surface area is 115 Å². The van der Waals surface area contributed by atoms with Gasteiger partial charge in [-0.2, -0.15) is 0 Å². The van der Waals surface area contributed by atoms with Gasteiger partial charge in [0.25, 0.3) is 0 Å². The van der Waals surface area contributed by atoms with Crippen LogP contribution in [-0.4, -0.2) is 31.7 Å². The summed E-state index contributed by atoms with van der Waals surface area (Å²) in [5, 5.41) is 4.79. The molecule has 2 atom stereocenters. The number of carbonyl (C=O) groups is 2. The van der Waals surface area contributed by atoms with Gasteiger partial charge in [-0.1, -0.05) is 6.07 Å². The van der Waals surface area contributed by atoms with Gasteiger partial charge < -0.3 is 14.8 Å². The third-order valence-corrected chi connectivity index (χ3v) is 4.01. The number of esters is 1. The summed E-state index contributed by atoms with van der Waals surface area (Å²) in [6, 6.07) is 3.44. The second-order valence-electron chi connectivity index (χ2n) is 4.36. The SMILES string of the molecule is COC(=O)CC(NC(=O)C1CCCO1)c1cccs1.